The fourth-order valence-electron chi connectivity index (χ4n) is 3.02. The van der Waals surface area contributed by atoms with Gasteiger partial charge in [-0.25, -0.2) is 0 Å². The van der Waals surface area contributed by atoms with Crippen LogP contribution >= 0.6 is 0 Å². The summed E-state index contributed by atoms with van der Waals surface area (Å²) >= 11 is 0. The molecule has 0 aliphatic heterocycles. The average Bonchev–Trinajstić information content (AvgIpc) is 3.12. The molecule has 1 aromatic heterocycles. The van der Waals surface area contributed by atoms with Gasteiger partial charge >= 0.3 is 0 Å². The summed E-state index contributed by atoms with van der Waals surface area (Å²) in [5.41, 5.74) is 5.97. The third-order valence-corrected chi connectivity index (χ3v) is 4.51. The Hall–Kier alpha value is -0.900. The van der Waals surface area contributed by atoms with Crippen molar-refractivity contribution in [3.8, 4) is 0 Å². The molecule has 0 aromatic carbocycles. The maximum Gasteiger partial charge on any atom is 0.133 e. The molecule has 100 valence electrons. The van der Waals surface area contributed by atoms with E-state index in [2.05, 4.69) is 21.7 Å². The molecule has 3 rings (SSSR count). The normalized spacial score (nSPS) is 28.6. The summed E-state index contributed by atoms with van der Waals surface area (Å²) in [5.74, 6) is 3.95. The summed E-state index contributed by atoms with van der Waals surface area (Å²) in [6.45, 7) is 3.22. The Morgan fingerprint density at radius 3 is 2.39 bits per heavy atom. The van der Waals surface area contributed by atoms with E-state index in [1.54, 1.807) is 0 Å². The molecule has 2 fully saturated rings. The number of aromatic nitrogens is 3. The Balaban J connectivity index is 1.64. The topological polar surface area (TPSA) is 56.7 Å². The van der Waals surface area contributed by atoms with Gasteiger partial charge in [0.15, 0.2) is 0 Å². The fourth-order valence-corrected chi connectivity index (χ4v) is 3.02. The highest BCUT2D eigenvalue weighted by atomic mass is 15.3. The minimum absolute atomic E-state index is 0.437. The quantitative estimate of drug-likeness (QED) is 0.887. The monoisotopic (exact) mass is 248 g/mol. The summed E-state index contributed by atoms with van der Waals surface area (Å²) < 4.78 is 2.35. The van der Waals surface area contributed by atoms with E-state index in [1.807, 2.05) is 0 Å². The van der Waals surface area contributed by atoms with Crippen LogP contribution in [0.4, 0.5) is 0 Å². The molecule has 0 atom stereocenters. The van der Waals surface area contributed by atoms with Crippen molar-refractivity contribution < 1.29 is 0 Å². The van der Waals surface area contributed by atoms with Gasteiger partial charge in [-0.05, 0) is 57.3 Å². The minimum atomic E-state index is 0.437. The van der Waals surface area contributed by atoms with Crippen LogP contribution in [0.25, 0.3) is 0 Å². The van der Waals surface area contributed by atoms with E-state index < -0.39 is 0 Å². The molecule has 0 bridgehead atoms. The summed E-state index contributed by atoms with van der Waals surface area (Å²) in [6.07, 6.45) is 8.75. The first-order chi connectivity index (χ1) is 8.72. The van der Waals surface area contributed by atoms with Gasteiger partial charge < -0.3 is 10.3 Å². The molecule has 2 aliphatic rings. The first-order valence-electron chi connectivity index (χ1n) is 7.36. The molecule has 1 aromatic rings. The number of nitrogens with zero attached hydrogens (tertiary/aromatic N) is 3. The van der Waals surface area contributed by atoms with Crippen LogP contribution in [0.2, 0.25) is 0 Å². The second-order valence-corrected chi connectivity index (χ2v) is 6.20. The second kappa shape index (κ2) is 5.00. The predicted molar refractivity (Wildman–Crippen MR) is 71.1 cm³/mol. The van der Waals surface area contributed by atoms with E-state index in [0.717, 1.165) is 30.6 Å². The Kier molecular flexibility index (Phi) is 3.37. The van der Waals surface area contributed by atoms with E-state index in [1.165, 1.54) is 44.3 Å². The van der Waals surface area contributed by atoms with Crippen LogP contribution in [0.3, 0.4) is 0 Å². The van der Waals surface area contributed by atoms with Crippen LogP contribution in [-0.2, 0) is 13.0 Å². The van der Waals surface area contributed by atoms with Gasteiger partial charge in [0.05, 0.1) is 0 Å². The minimum Gasteiger partial charge on any atom is -0.328 e. The number of hydrogen-bond donors (Lipinski definition) is 1. The molecular weight excluding hydrogens is 224 g/mol. The van der Waals surface area contributed by atoms with Crippen LogP contribution in [0.1, 0.15) is 50.2 Å². The van der Waals surface area contributed by atoms with Gasteiger partial charge in [-0.2, -0.15) is 0 Å². The zero-order valence-corrected chi connectivity index (χ0v) is 11.3. The molecule has 4 heteroatoms. The Labute approximate surface area is 109 Å². The van der Waals surface area contributed by atoms with Gasteiger partial charge in [0.2, 0.25) is 0 Å². The van der Waals surface area contributed by atoms with Crippen molar-refractivity contribution in [2.75, 3.05) is 0 Å². The van der Waals surface area contributed by atoms with Crippen LogP contribution in [0, 0.1) is 18.8 Å². The molecule has 4 nitrogen and oxygen atoms in total. The van der Waals surface area contributed by atoms with Crippen molar-refractivity contribution in [1.82, 2.24) is 14.8 Å². The Morgan fingerprint density at radius 2 is 1.72 bits per heavy atom. The molecule has 2 N–H and O–H groups in total. The predicted octanol–water partition coefficient (Wildman–Crippen LogP) is 2.06. The number of rotatable bonds is 4. The molecule has 0 spiro atoms. The Bertz CT molecular complexity index is 400. The molecule has 2 saturated carbocycles. The average molecular weight is 248 g/mol. The lowest BCUT2D eigenvalue weighted by Crippen LogP contribution is -2.27. The standard InChI is InChI=1S/C14H24N4/c1-10-16-17-14(18(10)9-12-2-3-12)8-11-4-6-13(15)7-5-11/h11-13H,2-9,15H2,1H3. The van der Waals surface area contributed by atoms with Crippen molar-refractivity contribution in [3.05, 3.63) is 11.6 Å². The molecule has 0 unspecified atom stereocenters. The van der Waals surface area contributed by atoms with Crippen molar-refractivity contribution in [3.63, 3.8) is 0 Å². The third kappa shape index (κ3) is 2.74. The lowest BCUT2D eigenvalue weighted by atomic mass is 9.84. The smallest absolute Gasteiger partial charge is 0.133 e. The molecule has 1 heterocycles. The second-order valence-electron chi connectivity index (χ2n) is 6.20. The van der Waals surface area contributed by atoms with Gasteiger partial charge in [-0.1, -0.05) is 0 Å². The number of hydrogen-bond acceptors (Lipinski definition) is 3. The van der Waals surface area contributed by atoms with E-state index >= 15 is 0 Å². The highest BCUT2D eigenvalue weighted by molar-refractivity contribution is 4.98. The van der Waals surface area contributed by atoms with E-state index in [-0.39, 0.29) is 0 Å². The van der Waals surface area contributed by atoms with Crippen molar-refractivity contribution >= 4 is 0 Å². The zero-order chi connectivity index (χ0) is 12.5. The van der Waals surface area contributed by atoms with Crippen LogP contribution < -0.4 is 5.73 Å². The SMILES string of the molecule is Cc1nnc(CC2CCC(N)CC2)n1CC1CC1. The van der Waals surface area contributed by atoms with Gasteiger partial charge in [0, 0.05) is 19.0 Å². The number of nitrogens with two attached hydrogens (primary N) is 1. The largest absolute Gasteiger partial charge is 0.328 e. The Morgan fingerprint density at radius 1 is 1.06 bits per heavy atom. The van der Waals surface area contributed by atoms with Crippen LogP contribution in [-0.4, -0.2) is 20.8 Å². The summed E-state index contributed by atoms with van der Waals surface area (Å²) in [4.78, 5) is 0. The van der Waals surface area contributed by atoms with Crippen LogP contribution in [0.15, 0.2) is 0 Å². The first kappa shape index (κ1) is 12.2. The highest BCUT2D eigenvalue weighted by Gasteiger charge is 2.26. The number of aryl methyl sites for hydroxylation is 1. The van der Waals surface area contributed by atoms with Gasteiger partial charge in [0.1, 0.15) is 11.6 Å². The summed E-state index contributed by atoms with van der Waals surface area (Å²) in [7, 11) is 0. The lowest BCUT2D eigenvalue weighted by molar-refractivity contribution is 0.317. The maximum atomic E-state index is 5.97. The van der Waals surface area contributed by atoms with Crippen molar-refractivity contribution in [1.29, 1.82) is 0 Å². The van der Waals surface area contributed by atoms with E-state index in [0.29, 0.717) is 6.04 Å². The van der Waals surface area contributed by atoms with E-state index in [4.69, 9.17) is 5.73 Å². The molecule has 0 radical (unpaired) electrons. The first-order valence-corrected chi connectivity index (χ1v) is 7.36. The molecule has 0 amide bonds. The lowest BCUT2D eigenvalue weighted by Gasteiger charge is -2.25. The fraction of sp³-hybridized carbons (Fsp3) is 0.857. The molecule has 2 aliphatic carbocycles. The van der Waals surface area contributed by atoms with Gasteiger partial charge in [-0.3, -0.25) is 0 Å². The molecule has 18 heavy (non-hydrogen) atoms. The third-order valence-electron chi connectivity index (χ3n) is 4.51. The van der Waals surface area contributed by atoms with Crippen molar-refractivity contribution in [2.24, 2.45) is 17.6 Å². The van der Waals surface area contributed by atoms with Crippen LogP contribution in [0.5, 0.6) is 0 Å². The summed E-state index contributed by atoms with van der Waals surface area (Å²) in [6, 6.07) is 0.437. The van der Waals surface area contributed by atoms with Crippen molar-refractivity contribution in [2.45, 2.75) is 64.5 Å². The molecule has 0 saturated heterocycles. The zero-order valence-electron chi connectivity index (χ0n) is 11.3. The maximum absolute atomic E-state index is 5.97. The highest BCUT2D eigenvalue weighted by Crippen LogP contribution is 2.32. The van der Waals surface area contributed by atoms with Gasteiger partial charge in [0.25, 0.3) is 0 Å². The van der Waals surface area contributed by atoms with E-state index in [9.17, 15) is 0 Å². The molecular formula is C14H24N4. The van der Waals surface area contributed by atoms with Gasteiger partial charge in [-0.15, -0.1) is 10.2 Å². The summed E-state index contributed by atoms with van der Waals surface area (Å²) in [5, 5.41) is 8.66.